The Labute approximate surface area is 208 Å². The molecule has 0 saturated carbocycles. The monoisotopic (exact) mass is 497 g/mol. The number of carbonyl (C=O) groups is 2. The summed E-state index contributed by atoms with van der Waals surface area (Å²) in [4.78, 5) is 33.6. The summed E-state index contributed by atoms with van der Waals surface area (Å²) in [5, 5.41) is 27.1. The van der Waals surface area contributed by atoms with Crippen molar-refractivity contribution in [3.8, 4) is 16.2 Å². The first-order valence-corrected chi connectivity index (χ1v) is 12.6. The molecule has 3 heterocycles. The second-order valence-electron chi connectivity index (χ2n) is 9.38. The number of hydrogen-bond acceptors (Lipinski definition) is 7. The zero-order valence-corrected chi connectivity index (χ0v) is 21.1. The largest absolute Gasteiger partial charge is 0.505 e. The van der Waals surface area contributed by atoms with Gasteiger partial charge in [-0.3, -0.25) is 14.3 Å². The summed E-state index contributed by atoms with van der Waals surface area (Å²) in [5.74, 6) is -0.792. The van der Waals surface area contributed by atoms with Crippen molar-refractivity contribution in [1.82, 2.24) is 25.0 Å². The van der Waals surface area contributed by atoms with E-state index in [4.69, 9.17) is 0 Å². The Balaban J connectivity index is 1.47. The zero-order valence-electron chi connectivity index (χ0n) is 20.3. The number of aryl methyl sites for hydroxylation is 1. The number of rotatable bonds is 7. The number of amides is 2. The molecule has 2 unspecified atom stereocenters. The summed E-state index contributed by atoms with van der Waals surface area (Å²) in [6, 6.07) is 6.22. The molecule has 1 saturated heterocycles. The molecular formula is C25H31N5O4S. The lowest BCUT2D eigenvalue weighted by Gasteiger charge is -2.30. The molecule has 1 aliphatic rings. The molecule has 9 nitrogen and oxygen atoms in total. The Bertz CT molecular complexity index is 1190. The van der Waals surface area contributed by atoms with Crippen molar-refractivity contribution < 1.29 is 19.8 Å². The van der Waals surface area contributed by atoms with Gasteiger partial charge < -0.3 is 20.4 Å². The molecule has 186 valence electrons. The summed E-state index contributed by atoms with van der Waals surface area (Å²) >= 11 is 1.59. The standard InChI is InChI=1S/C25H31N5O4S/c1-14(2)22(30-12-20(32)10-27-30)25(34)29-11-19(31)9-21(29)24(33)28-15(3)17-5-7-18(8-6-17)23-16(4)26-13-35-23/h5-8,10,12-15,19,21-22,31-32H,9,11H2,1-4H3,(H,28,33)/t15?,19-,21+,22?/m1/s1. The smallest absolute Gasteiger partial charge is 0.248 e. The summed E-state index contributed by atoms with van der Waals surface area (Å²) < 4.78 is 1.41. The molecule has 0 radical (unpaired) electrons. The minimum atomic E-state index is -0.788. The van der Waals surface area contributed by atoms with Crippen LogP contribution in [0.2, 0.25) is 0 Å². The van der Waals surface area contributed by atoms with Gasteiger partial charge in [0.1, 0.15) is 12.1 Å². The SMILES string of the molecule is Cc1ncsc1-c1ccc(C(C)NC(=O)[C@@H]2C[C@@H](O)CN2C(=O)C(C(C)C)n2cc(O)cn2)cc1. The van der Waals surface area contributed by atoms with E-state index in [9.17, 15) is 19.8 Å². The van der Waals surface area contributed by atoms with Crippen LogP contribution in [-0.2, 0) is 9.59 Å². The topological polar surface area (TPSA) is 121 Å². The molecule has 1 fully saturated rings. The number of nitrogens with zero attached hydrogens (tertiary/aromatic N) is 4. The minimum Gasteiger partial charge on any atom is -0.505 e. The van der Waals surface area contributed by atoms with Crippen molar-refractivity contribution >= 4 is 23.2 Å². The summed E-state index contributed by atoms with van der Waals surface area (Å²) in [7, 11) is 0. The van der Waals surface area contributed by atoms with Crippen molar-refractivity contribution in [2.24, 2.45) is 5.92 Å². The van der Waals surface area contributed by atoms with Crippen LogP contribution in [0.1, 0.15) is 50.5 Å². The van der Waals surface area contributed by atoms with Gasteiger partial charge in [0.15, 0.2) is 5.75 Å². The Hall–Kier alpha value is -3.24. The predicted octanol–water partition coefficient (Wildman–Crippen LogP) is 3.06. The van der Waals surface area contributed by atoms with Crippen molar-refractivity contribution in [2.75, 3.05) is 6.54 Å². The van der Waals surface area contributed by atoms with Crippen LogP contribution in [0.3, 0.4) is 0 Å². The van der Waals surface area contributed by atoms with E-state index in [1.165, 1.54) is 22.0 Å². The first kappa shape index (κ1) is 24.9. The van der Waals surface area contributed by atoms with Crippen molar-refractivity contribution in [3.63, 3.8) is 0 Å². The third-order valence-electron chi connectivity index (χ3n) is 6.40. The number of hydrogen-bond donors (Lipinski definition) is 3. The van der Waals surface area contributed by atoms with Gasteiger partial charge in [-0.1, -0.05) is 38.1 Å². The van der Waals surface area contributed by atoms with Gasteiger partial charge in [-0.15, -0.1) is 11.3 Å². The summed E-state index contributed by atoms with van der Waals surface area (Å²) in [6.45, 7) is 7.70. The third kappa shape index (κ3) is 5.23. The summed E-state index contributed by atoms with van der Waals surface area (Å²) in [6.07, 6.45) is 2.05. The van der Waals surface area contributed by atoms with E-state index >= 15 is 0 Å². The molecule has 4 rings (SSSR count). The third-order valence-corrected chi connectivity index (χ3v) is 7.38. The van der Waals surface area contributed by atoms with Crippen LogP contribution in [0, 0.1) is 12.8 Å². The van der Waals surface area contributed by atoms with Crippen LogP contribution < -0.4 is 5.32 Å². The van der Waals surface area contributed by atoms with Gasteiger partial charge in [-0.05, 0) is 30.9 Å². The maximum absolute atomic E-state index is 13.5. The lowest BCUT2D eigenvalue weighted by molar-refractivity contribution is -0.142. The van der Waals surface area contributed by atoms with Gasteiger partial charge in [0, 0.05) is 13.0 Å². The molecule has 0 bridgehead atoms. The zero-order chi connectivity index (χ0) is 25.3. The van der Waals surface area contributed by atoms with Crippen LogP contribution >= 0.6 is 11.3 Å². The van der Waals surface area contributed by atoms with Gasteiger partial charge in [-0.2, -0.15) is 5.10 Å². The van der Waals surface area contributed by atoms with Crippen molar-refractivity contribution in [2.45, 2.75) is 58.3 Å². The van der Waals surface area contributed by atoms with Crippen LogP contribution in [0.25, 0.3) is 10.4 Å². The lowest BCUT2D eigenvalue weighted by atomic mass is 10.0. The first-order chi connectivity index (χ1) is 16.7. The van der Waals surface area contributed by atoms with E-state index in [1.54, 1.807) is 11.3 Å². The first-order valence-electron chi connectivity index (χ1n) is 11.7. The maximum Gasteiger partial charge on any atom is 0.248 e. The molecule has 1 aromatic carbocycles. The molecule has 0 aliphatic carbocycles. The van der Waals surface area contributed by atoms with E-state index in [0.29, 0.717) is 0 Å². The van der Waals surface area contributed by atoms with E-state index in [2.05, 4.69) is 15.4 Å². The number of benzene rings is 1. The number of β-amino-alcohol motifs (C(OH)–C–C–N with tert-alkyl or cyclic N) is 1. The van der Waals surface area contributed by atoms with E-state index in [-0.39, 0.29) is 42.5 Å². The molecule has 35 heavy (non-hydrogen) atoms. The number of carbonyl (C=O) groups excluding carboxylic acids is 2. The Morgan fingerprint density at radius 3 is 2.49 bits per heavy atom. The average Bonchev–Trinajstić information content (AvgIpc) is 3.53. The molecular weight excluding hydrogens is 466 g/mol. The summed E-state index contributed by atoms with van der Waals surface area (Å²) in [5.41, 5.74) is 4.82. The van der Waals surface area contributed by atoms with Crippen molar-refractivity contribution in [1.29, 1.82) is 0 Å². The molecule has 2 amide bonds. The molecule has 3 N–H and O–H groups in total. The molecule has 4 atom stereocenters. The highest BCUT2D eigenvalue weighted by atomic mass is 32.1. The molecule has 2 aromatic heterocycles. The van der Waals surface area contributed by atoms with Gasteiger partial charge in [-0.25, -0.2) is 4.98 Å². The van der Waals surface area contributed by atoms with Gasteiger partial charge in [0.2, 0.25) is 11.8 Å². The fraction of sp³-hybridized carbons (Fsp3) is 0.440. The average molecular weight is 498 g/mol. The van der Waals surface area contributed by atoms with Crippen LogP contribution in [0.4, 0.5) is 0 Å². The number of aliphatic hydroxyl groups is 1. The fourth-order valence-electron chi connectivity index (χ4n) is 4.55. The number of thiazole rings is 1. The highest BCUT2D eigenvalue weighted by Crippen LogP contribution is 2.30. The molecule has 3 aromatic rings. The fourth-order valence-corrected chi connectivity index (χ4v) is 5.37. The Morgan fingerprint density at radius 2 is 1.91 bits per heavy atom. The van der Waals surface area contributed by atoms with Crippen molar-refractivity contribution in [3.05, 3.63) is 53.4 Å². The van der Waals surface area contributed by atoms with Gasteiger partial charge in [0.05, 0.1) is 40.6 Å². The van der Waals surface area contributed by atoms with Crippen LogP contribution in [0.15, 0.2) is 42.2 Å². The van der Waals surface area contributed by atoms with E-state index < -0.39 is 18.2 Å². The number of aliphatic hydroxyl groups excluding tert-OH is 1. The number of aromatic hydroxyl groups is 1. The second kappa shape index (κ2) is 10.2. The van der Waals surface area contributed by atoms with E-state index in [1.807, 2.05) is 57.5 Å². The quantitative estimate of drug-likeness (QED) is 0.461. The molecule has 1 aliphatic heterocycles. The number of nitrogens with one attached hydrogen (secondary N) is 1. The van der Waals surface area contributed by atoms with Crippen LogP contribution in [-0.4, -0.2) is 60.4 Å². The molecule has 0 spiro atoms. The minimum absolute atomic E-state index is 0.0375. The van der Waals surface area contributed by atoms with E-state index in [0.717, 1.165) is 21.7 Å². The highest BCUT2D eigenvalue weighted by Gasteiger charge is 2.42. The Morgan fingerprint density at radius 1 is 1.20 bits per heavy atom. The van der Waals surface area contributed by atoms with Gasteiger partial charge in [0.25, 0.3) is 0 Å². The molecule has 10 heteroatoms. The van der Waals surface area contributed by atoms with Crippen LogP contribution in [0.5, 0.6) is 5.75 Å². The van der Waals surface area contributed by atoms with Gasteiger partial charge >= 0.3 is 0 Å². The number of likely N-dealkylation sites (tertiary alicyclic amines) is 1. The Kier molecular flexibility index (Phi) is 7.23. The lowest BCUT2D eigenvalue weighted by Crippen LogP contribution is -2.49. The predicted molar refractivity (Wildman–Crippen MR) is 133 cm³/mol. The highest BCUT2D eigenvalue weighted by molar-refractivity contribution is 7.13. The second-order valence-corrected chi connectivity index (χ2v) is 10.2. The number of aromatic nitrogens is 3. The maximum atomic E-state index is 13.5. The normalized spacial score (nSPS) is 19.7.